The quantitative estimate of drug-likeness (QED) is 0.799. The fraction of sp³-hybridized carbons (Fsp3) is 0.273. The summed E-state index contributed by atoms with van der Waals surface area (Å²) in [5.41, 5.74) is 7.77. The maximum absolute atomic E-state index is 9.90. The predicted molar refractivity (Wildman–Crippen MR) is 58.8 cm³/mol. The third-order valence-corrected chi connectivity index (χ3v) is 2.33. The van der Waals surface area contributed by atoms with E-state index in [2.05, 4.69) is 10.1 Å². The summed E-state index contributed by atoms with van der Waals surface area (Å²) < 4.78 is 4.91. The molecule has 0 aliphatic heterocycles. The molecule has 2 rings (SSSR count). The van der Waals surface area contributed by atoms with E-state index in [-0.39, 0.29) is 12.3 Å². The summed E-state index contributed by atoms with van der Waals surface area (Å²) in [6.45, 7) is 3.97. The van der Waals surface area contributed by atoms with Gasteiger partial charge in [0.2, 0.25) is 11.7 Å². The molecule has 0 saturated heterocycles. The number of phenols is 1. The molecule has 1 aromatic heterocycles. The molecule has 16 heavy (non-hydrogen) atoms. The number of nitrogens with two attached hydrogens (primary N) is 1. The van der Waals surface area contributed by atoms with Crippen LogP contribution in [0.2, 0.25) is 0 Å². The number of phenolic OH excluding ortho intramolecular Hbond substituents is 1. The van der Waals surface area contributed by atoms with E-state index in [1.54, 1.807) is 0 Å². The van der Waals surface area contributed by atoms with E-state index in [0.29, 0.717) is 17.3 Å². The molecular formula is C11H13N3O2. The Morgan fingerprint density at radius 2 is 2.12 bits per heavy atom. The van der Waals surface area contributed by atoms with Gasteiger partial charge >= 0.3 is 0 Å². The zero-order valence-electron chi connectivity index (χ0n) is 9.19. The molecular weight excluding hydrogens is 206 g/mol. The van der Waals surface area contributed by atoms with Crippen LogP contribution in [0.4, 0.5) is 0 Å². The lowest BCUT2D eigenvalue weighted by Gasteiger charge is -2.04. The van der Waals surface area contributed by atoms with Gasteiger partial charge < -0.3 is 15.4 Å². The van der Waals surface area contributed by atoms with Crippen LogP contribution in [0, 0.1) is 13.8 Å². The van der Waals surface area contributed by atoms with Crippen LogP contribution < -0.4 is 5.73 Å². The zero-order valence-corrected chi connectivity index (χ0v) is 9.19. The van der Waals surface area contributed by atoms with Crippen LogP contribution in [-0.4, -0.2) is 15.2 Å². The molecule has 1 heterocycles. The Bertz CT molecular complexity index is 520. The van der Waals surface area contributed by atoms with Gasteiger partial charge in [0, 0.05) is 0 Å². The van der Waals surface area contributed by atoms with E-state index in [1.807, 2.05) is 26.0 Å². The maximum Gasteiger partial charge on any atom is 0.240 e. The Kier molecular flexibility index (Phi) is 2.62. The van der Waals surface area contributed by atoms with Crippen molar-refractivity contribution in [2.75, 3.05) is 0 Å². The van der Waals surface area contributed by atoms with E-state index in [1.165, 1.54) is 0 Å². The monoisotopic (exact) mass is 219 g/mol. The molecule has 5 nitrogen and oxygen atoms in total. The highest BCUT2D eigenvalue weighted by Crippen LogP contribution is 2.31. The Balaban J connectivity index is 2.54. The SMILES string of the molecule is Cc1cc(C)c(O)c(-c2noc(CN)n2)c1. The largest absolute Gasteiger partial charge is 0.507 e. The van der Waals surface area contributed by atoms with Crippen LogP contribution in [0.1, 0.15) is 17.0 Å². The van der Waals surface area contributed by atoms with Crippen molar-refractivity contribution in [1.29, 1.82) is 0 Å². The van der Waals surface area contributed by atoms with Crippen molar-refractivity contribution >= 4 is 0 Å². The highest BCUT2D eigenvalue weighted by atomic mass is 16.5. The van der Waals surface area contributed by atoms with Crippen molar-refractivity contribution in [1.82, 2.24) is 10.1 Å². The Hall–Kier alpha value is -1.88. The van der Waals surface area contributed by atoms with Gasteiger partial charge in [0.15, 0.2) is 0 Å². The van der Waals surface area contributed by atoms with Gasteiger partial charge in [-0.25, -0.2) is 0 Å². The molecule has 0 amide bonds. The van der Waals surface area contributed by atoms with Crippen LogP contribution >= 0.6 is 0 Å². The molecule has 0 spiro atoms. The summed E-state index contributed by atoms with van der Waals surface area (Å²) in [5.74, 6) is 0.897. The van der Waals surface area contributed by atoms with Crippen LogP contribution in [0.15, 0.2) is 16.7 Å². The molecule has 5 heteroatoms. The number of rotatable bonds is 2. The summed E-state index contributed by atoms with van der Waals surface area (Å²) in [6, 6.07) is 3.70. The van der Waals surface area contributed by atoms with Crippen LogP contribution in [0.3, 0.4) is 0 Å². The highest BCUT2D eigenvalue weighted by molar-refractivity contribution is 5.66. The molecule has 0 unspecified atom stereocenters. The minimum Gasteiger partial charge on any atom is -0.507 e. The molecule has 84 valence electrons. The van der Waals surface area contributed by atoms with Crippen molar-refractivity contribution in [2.24, 2.45) is 5.73 Å². The first kappa shape index (κ1) is 10.6. The molecule has 0 radical (unpaired) electrons. The van der Waals surface area contributed by atoms with Gasteiger partial charge in [0.1, 0.15) is 5.75 Å². The third-order valence-electron chi connectivity index (χ3n) is 2.33. The normalized spacial score (nSPS) is 10.7. The maximum atomic E-state index is 9.90. The number of hydrogen-bond donors (Lipinski definition) is 2. The second-order valence-electron chi connectivity index (χ2n) is 3.69. The number of aromatic nitrogens is 2. The zero-order chi connectivity index (χ0) is 11.7. The fourth-order valence-electron chi connectivity index (χ4n) is 1.58. The van der Waals surface area contributed by atoms with Gasteiger partial charge in [-0.15, -0.1) is 0 Å². The molecule has 0 atom stereocenters. The van der Waals surface area contributed by atoms with Crippen LogP contribution in [0.25, 0.3) is 11.4 Å². The Morgan fingerprint density at radius 3 is 2.75 bits per heavy atom. The predicted octanol–water partition coefficient (Wildman–Crippen LogP) is 1.52. The van der Waals surface area contributed by atoms with Crippen molar-refractivity contribution in [2.45, 2.75) is 20.4 Å². The smallest absolute Gasteiger partial charge is 0.240 e. The standard InChI is InChI=1S/C11H13N3O2/c1-6-3-7(2)10(15)8(4-6)11-13-9(5-12)16-14-11/h3-4,15H,5,12H2,1-2H3. The average Bonchev–Trinajstić information content (AvgIpc) is 2.71. The number of aromatic hydroxyl groups is 1. The van der Waals surface area contributed by atoms with Gasteiger partial charge in [-0.3, -0.25) is 0 Å². The molecule has 1 aromatic carbocycles. The number of benzene rings is 1. The molecule has 0 bridgehead atoms. The summed E-state index contributed by atoms with van der Waals surface area (Å²) in [6.07, 6.45) is 0. The summed E-state index contributed by atoms with van der Waals surface area (Å²) in [5, 5.41) is 13.7. The molecule has 0 saturated carbocycles. The molecule has 2 aromatic rings. The Morgan fingerprint density at radius 1 is 1.38 bits per heavy atom. The number of hydrogen-bond acceptors (Lipinski definition) is 5. The van der Waals surface area contributed by atoms with Crippen LogP contribution in [0.5, 0.6) is 5.75 Å². The number of aryl methyl sites for hydroxylation is 2. The van der Waals surface area contributed by atoms with Crippen molar-refractivity contribution in [3.8, 4) is 17.1 Å². The summed E-state index contributed by atoms with van der Waals surface area (Å²) >= 11 is 0. The van der Waals surface area contributed by atoms with E-state index >= 15 is 0 Å². The highest BCUT2D eigenvalue weighted by Gasteiger charge is 2.13. The Labute approximate surface area is 92.9 Å². The first-order valence-corrected chi connectivity index (χ1v) is 4.95. The first-order valence-electron chi connectivity index (χ1n) is 4.95. The minimum absolute atomic E-state index is 0.176. The van der Waals surface area contributed by atoms with Crippen molar-refractivity contribution in [3.05, 3.63) is 29.2 Å². The lowest BCUT2D eigenvalue weighted by molar-refractivity contribution is 0.380. The van der Waals surface area contributed by atoms with Gasteiger partial charge in [0.25, 0.3) is 0 Å². The molecule has 0 fully saturated rings. The van der Waals surface area contributed by atoms with Gasteiger partial charge in [-0.05, 0) is 31.0 Å². The number of nitrogens with zero attached hydrogens (tertiary/aromatic N) is 2. The topological polar surface area (TPSA) is 85.2 Å². The van der Waals surface area contributed by atoms with Gasteiger partial charge in [-0.2, -0.15) is 4.98 Å². The molecule has 0 aliphatic carbocycles. The summed E-state index contributed by atoms with van der Waals surface area (Å²) in [7, 11) is 0. The lowest BCUT2D eigenvalue weighted by atomic mass is 10.1. The lowest BCUT2D eigenvalue weighted by Crippen LogP contribution is -1.95. The van der Waals surface area contributed by atoms with E-state index in [9.17, 15) is 5.11 Å². The van der Waals surface area contributed by atoms with E-state index in [4.69, 9.17) is 10.3 Å². The van der Waals surface area contributed by atoms with Crippen molar-refractivity contribution < 1.29 is 9.63 Å². The average molecular weight is 219 g/mol. The fourth-order valence-corrected chi connectivity index (χ4v) is 1.58. The second-order valence-corrected chi connectivity index (χ2v) is 3.69. The third kappa shape index (κ3) is 1.77. The first-order chi connectivity index (χ1) is 7.61. The minimum atomic E-state index is 0.176. The molecule has 3 N–H and O–H groups in total. The van der Waals surface area contributed by atoms with Crippen molar-refractivity contribution in [3.63, 3.8) is 0 Å². The van der Waals surface area contributed by atoms with E-state index in [0.717, 1.165) is 11.1 Å². The van der Waals surface area contributed by atoms with Gasteiger partial charge in [0.05, 0.1) is 12.1 Å². The van der Waals surface area contributed by atoms with Gasteiger partial charge in [-0.1, -0.05) is 11.2 Å². The van der Waals surface area contributed by atoms with Crippen LogP contribution in [-0.2, 0) is 6.54 Å². The second kappa shape index (κ2) is 3.94. The summed E-state index contributed by atoms with van der Waals surface area (Å²) in [4.78, 5) is 4.08. The van der Waals surface area contributed by atoms with E-state index < -0.39 is 0 Å². The molecule has 0 aliphatic rings.